The van der Waals surface area contributed by atoms with Gasteiger partial charge in [-0.25, -0.2) is 0 Å². The van der Waals surface area contributed by atoms with Crippen LogP contribution in [0.3, 0.4) is 0 Å². The molecule has 0 atom stereocenters. The average Bonchev–Trinajstić information content (AvgIpc) is 2.59. The molecule has 26 heavy (non-hydrogen) atoms. The number of benzene rings is 2. The van der Waals surface area contributed by atoms with Gasteiger partial charge in [0.2, 0.25) is 5.91 Å². The van der Waals surface area contributed by atoms with Crippen LogP contribution in [0.2, 0.25) is 0 Å². The molecule has 0 aliphatic heterocycles. The Morgan fingerprint density at radius 1 is 1.04 bits per heavy atom. The molecule has 0 saturated heterocycles. The van der Waals surface area contributed by atoms with Crippen molar-refractivity contribution in [2.45, 2.75) is 32.7 Å². The van der Waals surface area contributed by atoms with Crippen LogP contribution >= 0.6 is 0 Å². The molecule has 1 aliphatic rings. The Hall–Kier alpha value is -2.46. The SMILES string of the molecule is CC(=O)c1ccccc1NC(=O)CN(Cc1ccccc1)CC1CCC1. The molecule has 0 bridgehead atoms. The van der Waals surface area contributed by atoms with Crippen LogP contribution in [0.5, 0.6) is 0 Å². The van der Waals surface area contributed by atoms with Crippen LogP contribution in [0.1, 0.15) is 42.1 Å². The lowest BCUT2D eigenvalue weighted by Gasteiger charge is -2.32. The van der Waals surface area contributed by atoms with E-state index >= 15 is 0 Å². The van der Waals surface area contributed by atoms with Crippen molar-refractivity contribution >= 4 is 17.4 Å². The minimum absolute atomic E-state index is 0.0449. The normalized spacial score (nSPS) is 14.1. The molecule has 0 heterocycles. The Labute approximate surface area is 155 Å². The second kappa shape index (κ2) is 8.77. The second-order valence-corrected chi connectivity index (χ2v) is 7.10. The Morgan fingerprint density at radius 2 is 1.73 bits per heavy atom. The second-order valence-electron chi connectivity index (χ2n) is 7.10. The predicted molar refractivity (Wildman–Crippen MR) is 104 cm³/mol. The molecular weight excluding hydrogens is 324 g/mol. The summed E-state index contributed by atoms with van der Waals surface area (Å²) in [6, 6.07) is 17.4. The maximum absolute atomic E-state index is 12.6. The lowest BCUT2D eigenvalue weighted by Crippen LogP contribution is -2.38. The van der Waals surface area contributed by atoms with Crippen molar-refractivity contribution in [1.82, 2.24) is 4.90 Å². The van der Waals surface area contributed by atoms with Gasteiger partial charge in [-0.05, 0) is 43.4 Å². The van der Waals surface area contributed by atoms with Gasteiger partial charge in [0.15, 0.2) is 5.78 Å². The van der Waals surface area contributed by atoms with Gasteiger partial charge in [-0.3, -0.25) is 14.5 Å². The van der Waals surface area contributed by atoms with Crippen LogP contribution in [0, 0.1) is 5.92 Å². The summed E-state index contributed by atoms with van der Waals surface area (Å²) in [6.07, 6.45) is 3.79. The topological polar surface area (TPSA) is 49.4 Å². The zero-order chi connectivity index (χ0) is 18.4. The number of Topliss-reactive ketones (excluding diaryl/α,β-unsaturated/α-hetero) is 1. The van der Waals surface area contributed by atoms with Gasteiger partial charge in [-0.2, -0.15) is 0 Å². The van der Waals surface area contributed by atoms with Crippen LogP contribution in [0.4, 0.5) is 5.69 Å². The molecule has 0 unspecified atom stereocenters. The van der Waals surface area contributed by atoms with Crippen molar-refractivity contribution < 1.29 is 9.59 Å². The summed E-state index contributed by atoms with van der Waals surface area (Å²) in [5, 5.41) is 2.92. The van der Waals surface area contributed by atoms with Crippen LogP contribution in [-0.2, 0) is 11.3 Å². The molecule has 2 aromatic carbocycles. The molecule has 0 spiro atoms. The smallest absolute Gasteiger partial charge is 0.238 e. The number of carbonyl (C=O) groups excluding carboxylic acids is 2. The van der Waals surface area contributed by atoms with Gasteiger partial charge in [0.1, 0.15) is 0 Å². The summed E-state index contributed by atoms with van der Waals surface area (Å²) in [5.74, 6) is 0.571. The fraction of sp³-hybridized carbons (Fsp3) is 0.364. The standard InChI is InChI=1S/C22H26N2O2/c1-17(25)20-12-5-6-13-21(20)23-22(26)16-24(15-19-10-7-11-19)14-18-8-3-2-4-9-18/h2-6,8-9,12-13,19H,7,10-11,14-16H2,1H3,(H,23,26). The van der Waals surface area contributed by atoms with E-state index < -0.39 is 0 Å². The fourth-order valence-electron chi connectivity index (χ4n) is 3.36. The van der Waals surface area contributed by atoms with E-state index in [9.17, 15) is 9.59 Å². The Kier molecular flexibility index (Phi) is 6.18. The maximum Gasteiger partial charge on any atom is 0.238 e. The minimum Gasteiger partial charge on any atom is -0.324 e. The number of carbonyl (C=O) groups is 2. The van der Waals surface area contributed by atoms with E-state index in [1.54, 1.807) is 12.1 Å². The first-order valence-electron chi connectivity index (χ1n) is 9.28. The van der Waals surface area contributed by atoms with Crippen LogP contribution in [0.15, 0.2) is 54.6 Å². The van der Waals surface area contributed by atoms with Gasteiger partial charge in [-0.15, -0.1) is 0 Å². The monoisotopic (exact) mass is 350 g/mol. The molecule has 136 valence electrons. The molecule has 4 heteroatoms. The summed E-state index contributed by atoms with van der Waals surface area (Å²) in [5.41, 5.74) is 2.35. The molecular formula is C22H26N2O2. The predicted octanol–water partition coefficient (Wildman–Crippen LogP) is 4.13. The molecule has 4 nitrogen and oxygen atoms in total. The lowest BCUT2D eigenvalue weighted by molar-refractivity contribution is -0.117. The van der Waals surface area contributed by atoms with Crippen LogP contribution in [0.25, 0.3) is 0 Å². The molecule has 1 aliphatic carbocycles. The van der Waals surface area contributed by atoms with E-state index in [1.165, 1.54) is 31.7 Å². The summed E-state index contributed by atoms with van der Waals surface area (Å²) in [4.78, 5) is 26.6. The Morgan fingerprint density at radius 3 is 2.38 bits per heavy atom. The Bertz CT molecular complexity index is 754. The van der Waals surface area contributed by atoms with Crippen molar-refractivity contribution in [3.8, 4) is 0 Å². The third-order valence-electron chi connectivity index (χ3n) is 4.94. The molecule has 1 amide bonds. The molecule has 0 aromatic heterocycles. The van der Waals surface area contributed by atoms with Crippen molar-refractivity contribution in [2.24, 2.45) is 5.92 Å². The summed E-state index contributed by atoms with van der Waals surface area (Å²) in [6.45, 7) is 3.55. The third kappa shape index (κ3) is 5.02. The summed E-state index contributed by atoms with van der Waals surface area (Å²) >= 11 is 0. The highest BCUT2D eigenvalue weighted by Crippen LogP contribution is 2.27. The lowest BCUT2D eigenvalue weighted by atomic mass is 9.85. The number of nitrogens with zero attached hydrogens (tertiary/aromatic N) is 1. The van der Waals surface area contributed by atoms with Crippen molar-refractivity contribution in [3.63, 3.8) is 0 Å². The van der Waals surface area contributed by atoms with Gasteiger partial charge in [0.05, 0.1) is 12.2 Å². The molecule has 3 rings (SSSR count). The third-order valence-corrected chi connectivity index (χ3v) is 4.94. The first-order valence-corrected chi connectivity index (χ1v) is 9.28. The first kappa shape index (κ1) is 18.3. The quantitative estimate of drug-likeness (QED) is 0.728. The minimum atomic E-state index is -0.0750. The van der Waals surface area contributed by atoms with Gasteiger partial charge in [0.25, 0.3) is 0 Å². The number of anilines is 1. The highest BCUT2D eigenvalue weighted by molar-refractivity contribution is 6.04. The van der Waals surface area contributed by atoms with E-state index in [0.717, 1.165) is 13.1 Å². The van der Waals surface area contributed by atoms with E-state index in [1.807, 2.05) is 30.3 Å². The van der Waals surface area contributed by atoms with E-state index in [-0.39, 0.29) is 11.7 Å². The largest absolute Gasteiger partial charge is 0.324 e. The van der Waals surface area contributed by atoms with E-state index in [0.29, 0.717) is 23.7 Å². The van der Waals surface area contributed by atoms with Crippen LogP contribution in [-0.4, -0.2) is 29.7 Å². The summed E-state index contributed by atoms with van der Waals surface area (Å²) in [7, 11) is 0. The zero-order valence-electron chi connectivity index (χ0n) is 15.3. The van der Waals surface area contributed by atoms with E-state index in [2.05, 4.69) is 22.3 Å². The number of ketones is 1. The number of hydrogen-bond donors (Lipinski definition) is 1. The van der Waals surface area contributed by atoms with Gasteiger partial charge >= 0.3 is 0 Å². The average molecular weight is 350 g/mol. The molecule has 1 N–H and O–H groups in total. The number of para-hydroxylation sites is 1. The van der Waals surface area contributed by atoms with Crippen LogP contribution < -0.4 is 5.32 Å². The fourth-order valence-corrected chi connectivity index (χ4v) is 3.36. The maximum atomic E-state index is 12.6. The first-order chi connectivity index (χ1) is 12.6. The highest BCUT2D eigenvalue weighted by atomic mass is 16.2. The molecule has 1 fully saturated rings. The Balaban J connectivity index is 1.65. The van der Waals surface area contributed by atoms with Gasteiger partial charge in [-0.1, -0.05) is 48.9 Å². The number of amides is 1. The number of hydrogen-bond acceptors (Lipinski definition) is 3. The number of nitrogens with one attached hydrogen (secondary N) is 1. The molecule has 2 aromatic rings. The van der Waals surface area contributed by atoms with Crippen molar-refractivity contribution in [1.29, 1.82) is 0 Å². The van der Waals surface area contributed by atoms with Crippen molar-refractivity contribution in [3.05, 3.63) is 65.7 Å². The summed E-state index contributed by atoms with van der Waals surface area (Å²) < 4.78 is 0. The molecule has 0 radical (unpaired) electrons. The van der Waals surface area contributed by atoms with Gasteiger partial charge in [0, 0.05) is 18.7 Å². The zero-order valence-corrected chi connectivity index (χ0v) is 15.3. The van der Waals surface area contributed by atoms with Crippen molar-refractivity contribution in [2.75, 3.05) is 18.4 Å². The highest BCUT2D eigenvalue weighted by Gasteiger charge is 2.22. The number of rotatable bonds is 8. The van der Waals surface area contributed by atoms with Gasteiger partial charge < -0.3 is 5.32 Å². The molecule has 1 saturated carbocycles. The van der Waals surface area contributed by atoms with E-state index in [4.69, 9.17) is 0 Å².